The topological polar surface area (TPSA) is 154 Å². The number of nitrogens with one attached hydrogen (secondary N) is 2. The van der Waals surface area contributed by atoms with Gasteiger partial charge in [-0.1, -0.05) is 12.1 Å². The van der Waals surface area contributed by atoms with Crippen LogP contribution in [-0.2, 0) is 15.7 Å². The highest BCUT2D eigenvalue weighted by atomic mass is 19.4. The number of aromatic amines is 1. The van der Waals surface area contributed by atoms with Crippen molar-refractivity contribution in [2.24, 2.45) is 0 Å². The van der Waals surface area contributed by atoms with Crippen LogP contribution in [0, 0.1) is 21.4 Å². The Morgan fingerprint density at radius 1 is 1.30 bits per heavy atom. The van der Waals surface area contributed by atoms with Gasteiger partial charge in [-0.25, -0.2) is 4.98 Å². The Balaban J connectivity index is 1.66. The number of nitriles is 1. The molecule has 0 unspecified atom stereocenters. The highest BCUT2D eigenvalue weighted by Crippen LogP contribution is 2.34. The number of nitro groups is 1. The number of ether oxygens (including phenoxy) is 1. The number of aromatic nitrogens is 2. The van der Waals surface area contributed by atoms with Crippen LogP contribution in [0.1, 0.15) is 11.4 Å². The number of benzene rings is 2. The van der Waals surface area contributed by atoms with Crippen molar-refractivity contribution in [3.8, 4) is 6.07 Å². The van der Waals surface area contributed by atoms with Crippen LogP contribution in [0.4, 0.5) is 24.5 Å². The van der Waals surface area contributed by atoms with Gasteiger partial charge >= 0.3 is 12.1 Å². The molecule has 1 aromatic heterocycles. The van der Waals surface area contributed by atoms with E-state index in [9.17, 15) is 38.4 Å². The second-order valence-corrected chi connectivity index (χ2v) is 6.54. The van der Waals surface area contributed by atoms with Crippen LogP contribution in [0.15, 0.2) is 48.2 Å². The lowest BCUT2D eigenvalue weighted by Gasteiger charge is -2.10. The molecule has 0 atom stereocenters. The van der Waals surface area contributed by atoms with Crippen molar-refractivity contribution in [2.75, 3.05) is 18.5 Å². The molecule has 0 saturated carbocycles. The number of carbonyl (C=O) groups excluding carboxylic acids is 1. The largest absolute Gasteiger partial charge is 0.507 e. The van der Waals surface area contributed by atoms with Gasteiger partial charge in [-0.3, -0.25) is 14.9 Å². The van der Waals surface area contributed by atoms with E-state index in [1.165, 1.54) is 0 Å². The van der Waals surface area contributed by atoms with Crippen LogP contribution < -0.4 is 5.32 Å². The fourth-order valence-corrected chi connectivity index (χ4v) is 2.77. The summed E-state index contributed by atoms with van der Waals surface area (Å²) in [6.07, 6.45) is -4.77. The van der Waals surface area contributed by atoms with E-state index in [1.54, 1.807) is 30.3 Å². The zero-order chi connectivity index (χ0) is 24.2. The summed E-state index contributed by atoms with van der Waals surface area (Å²) in [5.41, 5.74) is -1.51. The zero-order valence-corrected chi connectivity index (χ0v) is 16.5. The van der Waals surface area contributed by atoms with Crippen LogP contribution in [0.2, 0.25) is 0 Å². The molecule has 3 N–H and O–H groups in total. The summed E-state index contributed by atoms with van der Waals surface area (Å²) < 4.78 is 43.1. The zero-order valence-electron chi connectivity index (χ0n) is 16.5. The van der Waals surface area contributed by atoms with Gasteiger partial charge in [0.25, 0.3) is 5.69 Å². The first-order valence-corrected chi connectivity index (χ1v) is 9.12. The molecule has 3 rings (SSSR count). The number of hydrogen-bond acceptors (Lipinski definition) is 8. The number of anilines is 1. The summed E-state index contributed by atoms with van der Waals surface area (Å²) in [5, 5.41) is 32.9. The lowest BCUT2D eigenvalue weighted by molar-refractivity contribution is -0.384. The molecule has 0 radical (unpaired) electrons. The Bertz CT molecular complexity index is 1260. The van der Waals surface area contributed by atoms with Crippen molar-refractivity contribution in [1.29, 1.82) is 5.26 Å². The Labute approximate surface area is 183 Å². The Morgan fingerprint density at radius 3 is 2.67 bits per heavy atom. The van der Waals surface area contributed by atoms with Gasteiger partial charge in [0, 0.05) is 6.07 Å². The maximum Gasteiger partial charge on any atom is 0.416 e. The van der Waals surface area contributed by atoms with Gasteiger partial charge in [-0.05, 0) is 24.3 Å². The first-order valence-electron chi connectivity index (χ1n) is 9.12. The van der Waals surface area contributed by atoms with Gasteiger partial charge in [0.1, 0.15) is 30.5 Å². The minimum Gasteiger partial charge on any atom is -0.507 e. The van der Waals surface area contributed by atoms with Crippen molar-refractivity contribution in [3.63, 3.8) is 0 Å². The molecule has 0 aliphatic carbocycles. The minimum atomic E-state index is -4.77. The van der Waals surface area contributed by atoms with Crippen molar-refractivity contribution in [3.05, 3.63) is 69.7 Å². The van der Waals surface area contributed by atoms with Crippen LogP contribution in [0.3, 0.4) is 0 Å². The Hall–Kier alpha value is -4.60. The molecule has 0 amide bonds. The molecule has 13 heteroatoms. The van der Waals surface area contributed by atoms with Crippen LogP contribution in [-0.4, -0.2) is 39.1 Å². The number of hydrogen-bond donors (Lipinski definition) is 3. The molecular weight excluding hydrogens is 447 g/mol. The van der Waals surface area contributed by atoms with Gasteiger partial charge in [-0.2, -0.15) is 18.4 Å². The third kappa shape index (κ3) is 5.37. The molecule has 0 bridgehead atoms. The second-order valence-electron chi connectivity index (χ2n) is 6.54. The number of H-pyrrole nitrogens is 1. The molecule has 33 heavy (non-hydrogen) atoms. The molecule has 0 spiro atoms. The lowest BCUT2D eigenvalue weighted by atomic mass is 10.1. The molecule has 2 aromatic carbocycles. The van der Waals surface area contributed by atoms with Crippen molar-refractivity contribution in [2.45, 2.75) is 6.18 Å². The summed E-state index contributed by atoms with van der Waals surface area (Å²) in [6.45, 7) is -1.35. The summed E-state index contributed by atoms with van der Waals surface area (Å²) in [4.78, 5) is 29.0. The number of carbonyl (C=O) groups is 1. The third-order valence-corrected chi connectivity index (χ3v) is 4.34. The molecule has 1 heterocycles. The van der Waals surface area contributed by atoms with Gasteiger partial charge in [-0.15, -0.1) is 0 Å². The predicted octanol–water partition coefficient (Wildman–Crippen LogP) is 3.94. The maximum absolute atomic E-state index is 12.8. The molecule has 3 aromatic rings. The van der Waals surface area contributed by atoms with E-state index >= 15 is 0 Å². The summed E-state index contributed by atoms with van der Waals surface area (Å²) in [7, 11) is 0. The number of rotatable bonds is 7. The minimum absolute atomic E-state index is 0.0609. The smallest absolute Gasteiger partial charge is 0.416 e. The SMILES string of the molecule is N#C/C(=C(\O)COC(=O)CNc1ccc(C(F)(F)F)cc1[N+](=O)[O-])c1nc2ccccc2[nH]1. The van der Waals surface area contributed by atoms with Gasteiger partial charge in [0.05, 0.1) is 21.5 Å². The predicted molar refractivity (Wildman–Crippen MR) is 109 cm³/mol. The quantitative estimate of drug-likeness (QED) is 0.157. The molecule has 0 aliphatic heterocycles. The monoisotopic (exact) mass is 461 g/mol. The number of fused-ring (bicyclic) bond motifs is 1. The van der Waals surface area contributed by atoms with Gasteiger partial charge in [0.2, 0.25) is 0 Å². The first-order chi connectivity index (χ1) is 15.6. The fourth-order valence-electron chi connectivity index (χ4n) is 2.77. The summed E-state index contributed by atoms with van der Waals surface area (Å²) in [5.74, 6) is -1.52. The average Bonchev–Trinajstić information content (AvgIpc) is 3.19. The second kappa shape index (κ2) is 9.27. The molecular formula is C20H14F3N5O5. The number of esters is 1. The number of nitrogens with zero attached hydrogens (tertiary/aromatic N) is 3. The first kappa shape index (κ1) is 23.1. The number of imidazole rings is 1. The molecule has 0 fully saturated rings. The van der Waals surface area contributed by atoms with Crippen molar-refractivity contribution in [1.82, 2.24) is 9.97 Å². The molecule has 0 saturated heterocycles. The number of allylic oxidation sites excluding steroid dienone is 1. The van der Waals surface area contributed by atoms with Crippen molar-refractivity contribution >= 4 is 34.0 Å². The number of alkyl halides is 3. The van der Waals surface area contributed by atoms with Crippen LogP contribution in [0.25, 0.3) is 16.6 Å². The van der Waals surface area contributed by atoms with Crippen molar-refractivity contribution < 1.29 is 32.7 Å². The van der Waals surface area contributed by atoms with E-state index < -0.39 is 47.2 Å². The highest BCUT2D eigenvalue weighted by molar-refractivity contribution is 5.83. The number of para-hydroxylation sites is 2. The number of aliphatic hydroxyl groups excluding tert-OH is 1. The van der Waals surface area contributed by atoms with E-state index in [4.69, 9.17) is 4.74 Å². The molecule has 10 nitrogen and oxygen atoms in total. The summed E-state index contributed by atoms with van der Waals surface area (Å²) in [6, 6.07) is 10.4. The van der Waals surface area contributed by atoms with E-state index in [-0.39, 0.29) is 17.1 Å². The number of halogens is 3. The van der Waals surface area contributed by atoms with Gasteiger partial charge in [0.15, 0.2) is 11.6 Å². The average molecular weight is 461 g/mol. The standard InChI is InChI=1S/C20H14F3N5O5/c21-20(22,23)11-5-6-15(16(7-11)28(31)32)25-9-18(30)33-10-17(29)12(8-24)19-26-13-3-1-2-4-14(13)27-19/h1-7,25,29H,9-10H2,(H,26,27)/b17-12+. The fraction of sp³-hybridized carbons (Fsp3) is 0.150. The lowest BCUT2D eigenvalue weighted by Crippen LogP contribution is -2.19. The number of nitro benzene ring substituents is 1. The van der Waals surface area contributed by atoms with Crippen LogP contribution >= 0.6 is 0 Å². The van der Waals surface area contributed by atoms with E-state index in [0.717, 1.165) is 6.07 Å². The maximum atomic E-state index is 12.8. The van der Waals surface area contributed by atoms with Crippen LogP contribution in [0.5, 0.6) is 0 Å². The third-order valence-electron chi connectivity index (χ3n) is 4.34. The van der Waals surface area contributed by atoms with Gasteiger partial charge < -0.3 is 20.1 Å². The van der Waals surface area contributed by atoms with E-state index in [1.807, 2.05) is 0 Å². The van der Waals surface area contributed by atoms with E-state index in [2.05, 4.69) is 15.3 Å². The molecule has 0 aliphatic rings. The summed E-state index contributed by atoms with van der Waals surface area (Å²) >= 11 is 0. The highest BCUT2D eigenvalue weighted by Gasteiger charge is 2.33. The number of aliphatic hydroxyl groups is 1. The van der Waals surface area contributed by atoms with E-state index in [0.29, 0.717) is 23.2 Å². The Morgan fingerprint density at radius 2 is 2.03 bits per heavy atom. The Kier molecular flexibility index (Phi) is 6.48. The molecule has 170 valence electrons. The normalized spacial score (nSPS) is 12.1.